The van der Waals surface area contributed by atoms with Crippen LogP contribution in [0.15, 0.2) is 167 Å². The standard InChI is InChI=1S/C43H26N2O2S/c1-3-11-28(12-4-1)43-44-41-38(47-43)26-34(42-40(41)33-16-8-10-18-39(33)48-42)27-19-21-30(22-20-27)45(29-13-5-2-6-14-29)31-23-24-37-35(25-31)32-15-7-9-17-36(32)46-37/h1-26H. The number of benzene rings is 7. The molecule has 48 heavy (non-hydrogen) atoms. The van der Waals surface area contributed by atoms with E-state index >= 15 is 0 Å². The molecule has 0 bridgehead atoms. The van der Waals surface area contributed by atoms with Crippen molar-refractivity contribution in [2.75, 3.05) is 4.90 Å². The van der Waals surface area contributed by atoms with Gasteiger partial charge in [0.05, 0.1) is 0 Å². The fourth-order valence-corrected chi connectivity index (χ4v) is 8.10. The third-order valence-electron chi connectivity index (χ3n) is 9.10. The summed E-state index contributed by atoms with van der Waals surface area (Å²) in [7, 11) is 0. The number of fused-ring (bicyclic) bond motifs is 8. The van der Waals surface area contributed by atoms with E-state index in [2.05, 4.69) is 120 Å². The average molecular weight is 635 g/mol. The molecule has 0 amide bonds. The molecule has 0 fully saturated rings. The van der Waals surface area contributed by atoms with Crippen LogP contribution in [0, 0.1) is 0 Å². The summed E-state index contributed by atoms with van der Waals surface area (Å²) in [6.07, 6.45) is 0. The van der Waals surface area contributed by atoms with E-state index in [1.165, 1.54) is 14.8 Å². The van der Waals surface area contributed by atoms with E-state index in [1.807, 2.05) is 53.8 Å². The largest absolute Gasteiger partial charge is 0.456 e. The minimum atomic E-state index is 0.635. The lowest BCUT2D eigenvalue weighted by atomic mass is 10.0. The van der Waals surface area contributed by atoms with Gasteiger partial charge in [0.2, 0.25) is 5.89 Å². The summed E-state index contributed by atoms with van der Waals surface area (Å²) in [6.45, 7) is 0. The minimum absolute atomic E-state index is 0.635. The molecule has 0 aliphatic rings. The van der Waals surface area contributed by atoms with Crippen molar-refractivity contribution >= 4 is 81.6 Å². The van der Waals surface area contributed by atoms with Gasteiger partial charge >= 0.3 is 0 Å². The van der Waals surface area contributed by atoms with Gasteiger partial charge in [-0.2, -0.15) is 0 Å². The van der Waals surface area contributed by atoms with Crippen LogP contribution < -0.4 is 4.90 Å². The van der Waals surface area contributed by atoms with Crippen molar-refractivity contribution in [1.29, 1.82) is 0 Å². The lowest BCUT2D eigenvalue weighted by Gasteiger charge is -2.25. The van der Waals surface area contributed by atoms with Crippen LogP contribution in [0.5, 0.6) is 0 Å². The monoisotopic (exact) mass is 634 g/mol. The van der Waals surface area contributed by atoms with Crippen LogP contribution in [0.2, 0.25) is 0 Å². The fourth-order valence-electron chi connectivity index (χ4n) is 6.86. The molecular weight excluding hydrogens is 609 g/mol. The lowest BCUT2D eigenvalue weighted by molar-refractivity contribution is 0.620. The first-order chi connectivity index (χ1) is 23.8. The molecular formula is C43H26N2O2S. The Labute approximate surface area is 279 Å². The smallest absolute Gasteiger partial charge is 0.227 e. The van der Waals surface area contributed by atoms with E-state index in [-0.39, 0.29) is 0 Å². The van der Waals surface area contributed by atoms with E-state index in [1.54, 1.807) is 0 Å². The van der Waals surface area contributed by atoms with Crippen molar-refractivity contribution in [3.8, 4) is 22.6 Å². The summed E-state index contributed by atoms with van der Waals surface area (Å²) in [5.41, 5.74) is 9.91. The summed E-state index contributed by atoms with van der Waals surface area (Å²) in [5, 5.41) is 4.56. The highest BCUT2D eigenvalue weighted by molar-refractivity contribution is 7.26. The van der Waals surface area contributed by atoms with Crippen LogP contribution in [0.25, 0.3) is 75.8 Å². The number of para-hydroxylation sites is 2. The quantitative estimate of drug-likeness (QED) is 0.189. The zero-order chi connectivity index (χ0) is 31.6. The second kappa shape index (κ2) is 10.7. The Kier molecular flexibility index (Phi) is 6.01. The number of hydrogen-bond donors (Lipinski definition) is 0. The van der Waals surface area contributed by atoms with Gasteiger partial charge < -0.3 is 13.7 Å². The maximum absolute atomic E-state index is 6.46. The lowest BCUT2D eigenvalue weighted by Crippen LogP contribution is -2.09. The first kappa shape index (κ1) is 27.0. The third kappa shape index (κ3) is 4.25. The predicted octanol–water partition coefficient (Wildman–Crippen LogP) is 12.9. The summed E-state index contributed by atoms with van der Waals surface area (Å²) in [4.78, 5) is 7.33. The molecule has 0 aliphatic carbocycles. The molecule has 4 nitrogen and oxygen atoms in total. The average Bonchev–Trinajstić information content (AvgIpc) is 3.86. The minimum Gasteiger partial charge on any atom is -0.456 e. The van der Waals surface area contributed by atoms with E-state index in [0.29, 0.717) is 5.89 Å². The van der Waals surface area contributed by atoms with E-state index in [0.717, 1.165) is 72.2 Å². The molecule has 0 saturated carbocycles. The van der Waals surface area contributed by atoms with E-state index in [4.69, 9.17) is 13.8 Å². The Morgan fingerprint density at radius 1 is 0.479 bits per heavy atom. The van der Waals surface area contributed by atoms with Gasteiger partial charge in [-0.15, -0.1) is 11.3 Å². The number of nitrogens with zero attached hydrogens (tertiary/aromatic N) is 2. The van der Waals surface area contributed by atoms with Crippen LogP contribution in [-0.2, 0) is 0 Å². The second-order valence-electron chi connectivity index (χ2n) is 12.0. The molecule has 3 aromatic heterocycles. The van der Waals surface area contributed by atoms with Crippen LogP contribution >= 0.6 is 11.3 Å². The summed E-state index contributed by atoms with van der Waals surface area (Å²) < 4.78 is 15.1. The molecule has 0 N–H and O–H groups in total. The molecule has 226 valence electrons. The van der Waals surface area contributed by atoms with Gasteiger partial charge in [-0.1, -0.05) is 84.9 Å². The molecule has 0 atom stereocenters. The molecule has 3 heterocycles. The maximum Gasteiger partial charge on any atom is 0.227 e. The first-order valence-electron chi connectivity index (χ1n) is 16.0. The first-order valence-corrected chi connectivity index (χ1v) is 16.8. The number of aromatic nitrogens is 1. The normalized spacial score (nSPS) is 11.8. The van der Waals surface area contributed by atoms with Crippen molar-refractivity contribution in [1.82, 2.24) is 4.98 Å². The summed E-state index contributed by atoms with van der Waals surface area (Å²) in [6, 6.07) is 54.9. The highest BCUT2D eigenvalue weighted by Gasteiger charge is 2.20. The SMILES string of the molecule is c1ccc(-c2nc3c(cc(-c4ccc(N(c5ccccc5)c5ccc6oc7ccccc7c6c5)cc4)c4sc5ccccc5c43)o2)cc1. The zero-order valence-corrected chi connectivity index (χ0v) is 26.4. The number of rotatable bonds is 5. The van der Waals surface area contributed by atoms with Crippen molar-refractivity contribution in [2.24, 2.45) is 0 Å². The van der Waals surface area contributed by atoms with Gasteiger partial charge in [-0.05, 0) is 78.4 Å². The predicted molar refractivity (Wildman–Crippen MR) is 200 cm³/mol. The Bertz CT molecular complexity index is 2780. The van der Waals surface area contributed by atoms with Gasteiger partial charge in [-0.3, -0.25) is 0 Å². The topological polar surface area (TPSA) is 42.4 Å². The summed E-state index contributed by atoms with van der Waals surface area (Å²) in [5.74, 6) is 0.635. The number of furan rings is 1. The molecule has 0 saturated heterocycles. The molecule has 0 spiro atoms. The van der Waals surface area contributed by atoms with Gasteiger partial charge in [0, 0.05) is 59.1 Å². The Hall–Kier alpha value is -6.17. The van der Waals surface area contributed by atoms with Crippen molar-refractivity contribution in [3.05, 3.63) is 158 Å². The van der Waals surface area contributed by atoms with Gasteiger partial charge in [0.25, 0.3) is 0 Å². The third-order valence-corrected chi connectivity index (χ3v) is 10.3. The Morgan fingerprint density at radius 3 is 1.98 bits per heavy atom. The zero-order valence-electron chi connectivity index (χ0n) is 25.6. The van der Waals surface area contributed by atoms with E-state index < -0.39 is 0 Å². The van der Waals surface area contributed by atoms with Crippen LogP contribution in [0.3, 0.4) is 0 Å². The molecule has 0 radical (unpaired) electrons. The molecule has 7 aromatic carbocycles. The van der Waals surface area contributed by atoms with Gasteiger partial charge in [0.15, 0.2) is 5.58 Å². The number of anilines is 3. The van der Waals surface area contributed by atoms with Crippen LogP contribution in [0.4, 0.5) is 17.1 Å². The van der Waals surface area contributed by atoms with Crippen molar-refractivity contribution in [3.63, 3.8) is 0 Å². The Morgan fingerprint density at radius 2 is 1.15 bits per heavy atom. The highest BCUT2D eigenvalue weighted by Crippen LogP contribution is 2.46. The number of hydrogen-bond acceptors (Lipinski definition) is 5. The highest BCUT2D eigenvalue weighted by atomic mass is 32.1. The maximum atomic E-state index is 6.46. The Balaban J connectivity index is 1.14. The second-order valence-corrected chi connectivity index (χ2v) is 13.0. The van der Waals surface area contributed by atoms with Crippen molar-refractivity contribution < 1.29 is 8.83 Å². The van der Waals surface area contributed by atoms with Crippen LogP contribution in [0.1, 0.15) is 0 Å². The van der Waals surface area contributed by atoms with E-state index in [9.17, 15) is 0 Å². The fraction of sp³-hybridized carbons (Fsp3) is 0. The summed E-state index contributed by atoms with van der Waals surface area (Å²) >= 11 is 1.81. The molecule has 10 rings (SSSR count). The number of thiophene rings is 1. The van der Waals surface area contributed by atoms with Gasteiger partial charge in [0.1, 0.15) is 16.7 Å². The molecule has 0 unspecified atom stereocenters. The van der Waals surface area contributed by atoms with Gasteiger partial charge in [-0.25, -0.2) is 4.98 Å². The van der Waals surface area contributed by atoms with Crippen molar-refractivity contribution in [2.45, 2.75) is 0 Å². The molecule has 5 heteroatoms. The molecule has 0 aliphatic heterocycles. The van der Waals surface area contributed by atoms with Crippen LogP contribution in [-0.4, -0.2) is 4.98 Å². The number of oxazole rings is 1. The molecule has 10 aromatic rings.